The van der Waals surface area contributed by atoms with Gasteiger partial charge in [0, 0.05) is 23.7 Å². The molecule has 0 aromatic heterocycles. The maximum absolute atomic E-state index is 9.32. The first kappa shape index (κ1) is 29.1. The molecule has 5 nitrogen and oxygen atoms in total. The van der Waals surface area contributed by atoms with Crippen LogP contribution in [-0.4, -0.2) is 30.1 Å². The third-order valence-electron chi connectivity index (χ3n) is 7.76. The summed E-state index contributed by atoms with van der Waals surface area (Å²) < 4.78 is 0. The Morgan fingerprint density at radius 1 is 0.533 bits per heavy atom. The zero-order valence-corrected chi connectivity index (χ0v) is 25.0. The van der Waals surface area contributed by atoms with Crippen LogP contribution in [0, 0.1) is 10.8 Å². The van der Waals surface area contributed by atoms with Crippen LogP contribution in [0.25, 0.3) is 21.5 Å². The van der Waals surface area contributed by atoms with E-state index in [0.29, 0.717) is 23.8 Å². The van der Waals surface area contributed by atoms with Crippen molar-refractivity contribution in [1.82, 2.24) is 5.32 Å². The van der Waals surface area contributed by atoms with Crippen molar-refractivity contribution in [3.63, 3.8) is 0 Å². The molecule has 5 heteroatoms. The van der Waals surface area contributed by atoms with Gasteiger partial charge in [0.1, 0.15) is 11.7 Å². The summed E-state index contributed by atoms with van der Waals surface area (Å²) in [5, 5.41) is 25.6. The second-order valence-corrected chi connectivity index (χ2v) is 10.6. The Bertz CT molecular complexity index is 2080. The molecule has 0 radical (unpaired) electrons. The quantitative estimate of drug-likeness (QED) is 0.0936. The van der Waals surface area contributed by atoms with Crippen molar-refractivity contribution in [2.24, 2.45) is 9.98 Å². The Balaban J connectivity index is 1.48. The van der Waals surface area contributed by atoms with Gasteiger partial charge in [0.2, 0.25) is 0 Å². The predicted octanol–water partition coefficient (Wildman–Crippen LogP) is 8.60. The Morgan fingerprint density at radius 3 is 1.56 bits per heavy atom. The molecule has 218 valence electrons. The van der Waals surface area contributed by atoms with E-state index in [1.54, 1.807) is 19.2 Å². The number of aliphatic imine (C=N–C) groups is 2. The van der Waals surface area contributed by atoms with Crippen LogP contribution in [-0.2, 0) is 6.54 Å². The molecule has 0 aliphatic heterocycles. The van der Waals surface area contributed by atoms with Crippen LogP contribution in [0.5, 0.6) is 0 Å². The molecule has 6 rings (SSSR count). The van der Waals surface area contributed by atoms with E-state index in [2.05, 4.69) is 40.6 Å². The lowest BCUT2D eigenvalue weighted by Gasteiger charge is -2.18. The fraction of sp³-hybridized carbons (Fsp3) is 0.0500. The summed E-state index contributed by atoms with van der Waals surface area (Å²) in [5.41, 5.74) is 5.16. The van der Waals surface area contributed by atoms with E-state index >= 15 is 0 Å². The molecule has 6 aromatic rings. The Hall–Kier alpha value is -5.94. The van der Waals surface area contributed by atoms with Crippen molar-refractivity contribution in [1.29, 1.82) is 10.8 Å². The molecule has 0 heterocycles. The average Bonchev–Trinajstić information content (AvgIpc) is 3.11. The molecule has 45 heavy (non-hydrogen) atoms. The lowest BCUT2D eigenvalue weighted by atomic mass is 9.89. The second kappa shape index (κ2) is 13.6. The zero-order chi connectivity index (χ0) is 31.0. The number of benzene rings is 6. The second-order valence-electron chi connectivity index (χ2n) is 10.6. The van der Waals surface area contributed by atoms with Crippen molar-refractivity contribution in [3.05, 3.63) is 179 Å². The number of hydrogen-bond donors (Lipinski definition) is 3. The molecule has 0 fully saturated rings. The van der Waals surface area contributed by atoms with E-state index in [-0.39, 0.29) is 0 Å². The molecule has 0 saturated carbocycles. The van der Waals surface area contributed by atoms with Gasteiger partial charge in [-0.1, -0.05) is 140 Å². The number of amidine groups is 2. The topological polar surface area (TPSA) is 84.5 Å². The van der Waals surface area contributed by atoms with Gasteiger partial charge in [-0.15, -0.1) is 0 Å². The third kappa shape index (κ3) is 6.38. The van der Waals surface area contributed by atoms with Gasteiger partial charge in [0.25, 0.3) is 0 Å². The van der Waals surface area contributed by atoms with Crippen LogP contribution in [0.2, 0.25) is 0 Å². The fourth-order valence-electron chi connectivity index (χ4n) is 5.57. The summed E-state index contributed by atoms with van der Waals surface area (Å²) in [4.78, 5) is 9.72. The minimum atomic E-state index is 0.329. The van der Waals surface area contributed by atoms with Gasteiger partial charge in [-0.25, -0.2) is 0 Å². The van der Waals surface area contributed by atoms with Crippen molar-refractivity contribution < 1.29 is 0 Å². The SMILES string of the molecule is CN=C(NC(=NCc1c(C(=N)/C=C\C(=N)c2ccccc2)c2ccccc2c2ccccc12)c1ccccc1)c1ccccc1. The average molecular weight is 584 g/mol. The molecule has 3 N–H and O–H groups in total. The Morgan fingerprint density at radius 2 is 0.978 bits per heavy atom. The molecular formula is C40H33N5. The number of nitrogens with zero attached hydrogens (tertiary/aromatic N) is 2. The first-order chi connectivity index (χ1) is 22.1. The molecule has 0 aliphatic carbocycles. The van der Waals surface area contributed by atoms with Crippen LogP contribution in [0.4, 0.5) is 0 Å². The van der Waals surface area contributed by atoms with Gasteiger partial charge in [-0.3, -0.25) is 9.98 Å². The highest BCUT2D eigenvalue weighted by Gasteiger charge is 2.17. The van der Waals surface area contributed by atoms with Crippen LogP contribution in [0.1, 0.15) is 27.8 Å². The van der Waals surface area contributed by atoms with Gasteiger partial charge < -0.3 is 16.1 Å². The smallest absolute Gasteiger partial charge is 0.134 e. The maximum atomic E-state index is 9.32. The van der Waals surface area contributed by atoms with E-state index in [1.807, 2.05) is 109 Å². The van der Waals surface area contributed by atoms with Gasteiger partial charge in [-0.05, 0) is 44.8 Å². The standard InChI is InChI=1S/C40H33N5/c1-43-39(29-17-7-3-8-18-29)45-40(30-19-9-4-10-20-30)44-27-35-33-23-12-11-21-31(33)32-22-13-14-24-34(32)38(35)37(42)26-25-36(41)28-15-5-2-6-16-28/h2-26,41-42H,27H2,1H3,(H,43,44,45)/b26-25-,41-36?,42-37?. The summed E-state index contributed by atoms with van der Waals surface area (Å²) in [6.07, 6.45) is 3.43. The molecule has 0 atom stereocenters. The predicted molar refractivity (Wildman–Crippen MR) is 189 cm³/mol. The monoisotopic (exact) mass is 583 g/mol. The summed E-state index contributed by atoms with van der Waals surface area (Å²) >= 11 is 0. The Labute approximate surface area is 263 Å². The number of allylic oxidation sites excluding steroid dienone is 2. The number of rotatable bonds is 8. The van der Waals surface area contributed by atoms with E-state index in [4.69, 9.17) is 10.4 Å². The van der Waals surface area contributed by atoms with Gasteiger partial charge in [-0.2, -0.15) is 0 Å². The highest BCUT2D eigenvalue weighted by molar-refractivity contribution is 6.24. The third-order valence-corrected chi connectivity index (χ3v) is 7.76. The summed E-state index contributed by atoms with van der Waals surface area (Å²) in [5.74, 6) is 1.41. The highest BCUT2D eigenvalue weighted by Crippen LogP contribution is 2.34. The lowest BCUT2D eigenvalue weighted by molar-refractivity contribution is 1.06. The first-order valence-electron chi connectivity index (χ1n) is 14.9. The maximum Gasteiger partial charge on any atom is 0.134 e. The molecule has 0 spiro atoms. The molecule has 0 bridgehead atoms. The van der Waals surface area contributed by atoms with Crippen LogP contribution in [0.3, 0.4) is 0 Å². The summed E-state index contributed by atoms with van der Waals surface area (Å²) in [6.45, 7) is 0.329. The van der Waals surface area contributed by atoms with Crippen LogP contribution < -0.4 is 5.32 Å². The highest BCUT2D eigenvalue weighted by atomic mass is 15.1. The van der Waals surface area contributed by atoms with Gasteiger partial charge in [0.05, 0.1) is 18.0 Å². The van der Waals surface area contributed by atoms with Gasteiger partial charge in [0.15, 0.2) is 0 Å². The number of hydrogen-bond acceptors (Lipinski definition) is 4. The van der Waals surface area contributed by atoms with Crippen molar-refractivity contribution in [3.8, 4) is 0 Å². The van der Waals surface area contributed by atoms with Crippen molar-refractivity contribution >= 4 is 44.6 Å². The van der Waals surface area contributed by atoms with Gasteiger partial charge >= 0.3 is 0 Å². The molecule has 0 amide bonds. The van der Waals surface area contributed by atoms with E-state index < -0.39 is 0 Å². The van der Waals surface area contributed by atoms with Crippen LogP contribution in [0.15, 0.2) is 162 Å². The Kier molecular flexibility index (Phi) is 8.79. The number of nitrogens with one attached hydrogen (secondary N) is 3. The molecule has 0 unspecified atom stereocenters. The fourth-order valence-corrected chi connectivity index (χ4v) is 5.57. The largest absolute Gasteiger partial charge is 0.325 e. The minimum Gasteiger partial charge on any atom is -0.325 e. The van der Waals surface area contributed by atoms with Crippen LogP contribution >= 0.6 is 0 Å². The number of fused-ring (bicyclic) bond motifs is 3. The molecule has 0 aliphatic rings. The first-order valence-corrected chi connectivity index (χ1v) is 14.9. The van der Waals surface area contributed by atoms with Crippen molar-refractivity contribution in [2.75, 3.05) is 7.05 Å². The normalized spacial score (nSPS) is 12.1. The zero-order valence-electron chi connectivity index (χ0n) is 25.0. The lowest BCUT2D eigenvalue weighted by Crippen LogP contribution is -2.32. The summed E-state index contributed by atoms with van der Waals surface area (Å²) in [7, 11) is 1.77. The molecule has 0 saturated heterocycles. The van der Waals surface area contributed by atoms with E-state index in [9.17, 15) is 5.41 Å². The van der Waals surface area contributed by atoms with E-state index in [1.165, 1.54) is 0 Å². The molecular weight excluding hydrogens is 550 g/mol. The summed E-state index contributed by atoms with van der Waals surface area (Å²) in [6, 6.07) is 46.2. The van der Waals surface area contributed by atoms with E-state index in [0.717, 1.165) is 55.2 Å². The van der Waals surface area contributed by atoms with Crippen molar-refractivity contribution in [2.45, 2.75) is 6.54 Å². The minimum absolute atomic E-state index is 0.329. The molecule has 6 aromatic carbocycles.